The molecule has 0 radical (unpaired) electrons. The first-order valence-electron chi connectivity index (χ1n) is 10.5. The zero-order chi connectivity index (χ0) is 23.0. The van der Waals surface area contributed by atoms with E-state index in [-0.39, 0.29) is 5.91 Å². The molecule has 3 aromatic rings. The number of ether oxygens (including phenoxy) is 1. The number of hydrogen-bond donors (Lipinski definition) is 3. The van der Waals surface area contributed by atoms with Crippen molar-refractivity contribution in [2.45, 2.75) is 46.1 Å². The van der Waals surface area contributed by atoms with Crippen molar-refractivity contribution in [2.75, 3.05) is 5.32 Å². The van der Waals surface area contributed by atoms with Crippen LogP contribution in [0, 0.1) is 20.8 Å². The first kappa shape index (κ1) is 21.9. The normalized spacial score (nSPS) is 18.1. The van der Waals surface area contributed by atoms with Gasteiger partial charge < -0.3 is 20.9 Å². The molecule has 1 amide bonds. The van der Waals surface area contributed by atoms with Crippen molar-refractivity contribution >= 4 is 34.5 Å². The van der Waals surface area contributed by atoms with Gasteiger partial charge in [-0.15, -0.1) is 11.3 Å². The summed E-state index contributed by atoms with van der Waals surface area (Å²) in [5.41, 5.74) is 9.86. The maximum atomic E-state index is 13.1. The third-order valence-electron chi connectivity index (χ3n) is 6.15. The van der Waals surface area contributed by atoms with Crippen molar-refractivity contribution in [3.8, 4) is 11.5 Å². The number of phenolic OH excluding ortho intramolecular Hbond substituents is 1. The molecule has 4 rings (SSSR count). The number of rotatable bonds is 4. The Kier molecular flexibility index (Phi) is 5.69. The number of anilines is 1. The SMILES string of the molecule is Cc1c(C)c2c(c(C)c1O)CCC(C)(C(=O)Nc1ccc(N=C(N)c3cccs3)cc1)O2. The zero-order valence-corrected chi connectivity index (χ0v) is 19.5. The van der Waals surface area contributed by atoms with Crippen LogP contribution in [0.15, 0.2) is 46.8 Å². The lowest BCUT2D eigenvalue weighted by Crippen LogP contribution is -2.48. The van der Waals surface area contributed by atoms with Gasteiger partial charge in [-0.2, -0.15) is 0 Å². The Bertz CT molecular complexity index is 1200. The van der Waals surface area contributed by atoms with E-state index < -0.39 is 5.60 Å². The topological polar surface area (TPSA) is 96.9 Å². The van der Waals surface area contributed by atoms with Crippen molar-refractivity contribution in [2.24, 2.45) is 10.7 Å². The van der Waals surface area contributed by atoms with E-state index in [1.807, 2.05) is 57.3 Å². The number of aromatic hydroxyl groups is 1. The van der Waals surface area contributed by atoms with E-state index in [4.69, 9.17) is 10.5 Å². The molecular formula is C25H27N3O3S. The van der Waals surface area contributed by atoms with E-state index in [2.05, 4.69) is 10.3 Å². The number of phenols is 1. The maximum absolute atomic E-state index is 13.1. The van der Waals surface area contributed by atoms with E-state index in [0.717, 1.165) is 27.1 Å². The number of hydrogen-bond acceptors (Lipinski definition) is 5. The van der Waals surface area contributed by atoms with E-state index >= 15 is 0 Å². The molecule has 1 aromatic heterocycles. The highest BCUT2D eigenvalue weighted by atomic mass is 32.1. The first-order valence-corrected chi connectivity index (χ1v) is 11.4. The van der Waals surface area contributed by atoms with Crippen molar-refractivity contribution in [1.29, 1.82) is 0 Å². The molecule has 0 aliphatic carbocycles. The van der Waals surface area contributed by atoms with Gasteiger partial charge in [0.15, 0.2) is 5.60 Å². The summed E-state index contributed by atoms with van der Waals surface area (Å²) in [6.07, 6.45) is 1.18. The van der Waals surface area contributed by atoms with Crippen LogP contribution in [0.3, 0.4) is 0 Å². The summed E-state index contributed by atoms with van der Waals surface area (Å²) in [4.78, 5) is 18.5. The molecule has 1 aliphatic heterocycles. The quantitative estimate of drug-likeness (QED) is 0.380. The molecule has 0 saturated heterocycles. The van der Waals surface area contributed by atoms with Crippen LogP contribution >= 0.6 is 11.3 Å². The molecule has 0 fully saturated rings. The molecule has 6 nitrogen and oxygen atoms in total. The van der Waals surface area contributed by atoms with Gasteiger partial charge in [-0.3, -0.25) is 4.79 Å². The van der Waals surface area contributed by atoms with Crippen molar-refractivity contribution in [3.05, 3.63) is 68.9 Å². The minimum atomic E-state index is -1.01. The van der Waals surface area contributed by atoms with Crippen LogP contribution < -0.4 is 15.8 Å². The third-order valence-corrected chi connectivity index (χ3v) is 7.04. The Morgan fingerprint density at radius 2 is 1.88 bits per heavy atom. The van der Waals surface area contributed by atoms with Crippen LogP contribution in [0.5, 0.6) is 11.5 Å². The summed E-state index contributed by atoms with van der Waals surface area (Å²) >= 11 is 1.54. The number of carbonyl (C=O) groups excluding carboxylic acids is 1. The number of aliphatic imine (C=N–C) groups is 1. The van der Waals surface area contributed by atoms with Crippen molar-refractivity contribution in [3.63, 3.8) is 0 Å². The number of nitrogens with two attached hydrogens (primary N) is 1. The van der Waals surface area contributed by atoms with E-state index in [0.29, 0.717) is 41.6 Å². The van der Waals surface area contributed by atoms with Gasteiger partial charge >= 0.3 is 0 Å². The van der Waals surface area contributed by atoms with Crippen molar-refractivity contribution in [1.82, 2.24) is 0 Å². The van der Waals surface area contributed by atoms with Gasteiger partial charge in [-0.05, 0) is 86.5 Å². The van der Waals surface area contributed by atoms with Crippen molar-refractivity contribution < 1.29 is 14.6 Å². The second-order valence-electron chi connectivity index (χ2n) is 8.34. The molecule has 7 heteroatoms. The molecule has 0 spiro atoms. The highest BCUT2D eigenvalue weighted by molar-refractivity contribution is 7.12. The number of nitrogens with one attached hydrogen (secondary N) is 1. The molecule has 1 unspecified atom stereocenters. The van der Waals surface area contributed by atoms with E-state index in [1.54, 1.807) is 12.1 Å². The van der Waals surface area contributed by atoms with Gasteiger partial charge in [0.2, 0.25) is 0 Å². The van der Waals surface area contributed by atoms with Crippen LogP contribution in [-0.2, 0) is 11.2 Å². The standard InChI is InChI=1S/C25H27N3O3S/c1-14-15(2)22-19(16(3)21(14)29)11-12-25(4,31-22)24(30)28-18-9-7-17(8-10-18)27-23(26)20-6-5-13-32-20/h5-10,13,29H,11-12H2,1-4H3,(H2,26,27)(H,28,30). The van der Waals surface area contributed by atoms with Crippen LogP contribution in [0.25, 0.3) is 0 Å². The third kappa shape index (κ3) is 3.96. The van der Waals surface area contributed by atoms with Gasteiger partial charge in [0.1, 0.15) is 17.3 Å². The molecule has 1 aliphatic rings. The number of amidine groups is 1. The molecule has 166 valence electrons. The Labute approximate surface area is 191 Å². The van der Waals surface area contributed by atoms with Crippen LogP contribution in [0.2, 0.25) is 0 Å². The van der Waals surface area contributed by atoms with Gasteiger partial charge in [-0.25, -0.2) is 4.99 Å². The Morgan fingerprint density at radius 3 is 2.53 bits per heavy atom. The summed E-state index contributed by atoms with van der Waals surface area (Å²) in [5.74, 6) is 1.27. The second-order valence-corrected chi connectivity index (χ2v) is 9.29. The number of nitrogens with zero attached hydrogens (tertiary/aromatic N) is 1. The van der Waals surface area contributed by atoms with Crippen LogP contribution in [-0.4, -0.2) is 22.5 Å². The number of amides is 1. The largest absolute Gasteiger partial charge is 0.507 e. The smallest absolute Gasteiger partial charge is 0.268 e. The highest BCUT2D eigenvalue weighted by Crippen LogP contribution is 2.43. The average molecular weight is 450 g/mol. The summed E-state index contributed by atoms with van der Waals surface area (Å²) in [7, 11) is 0. The lowest BCUT2D eigenvalue weighted by molar-refractivity contribution is -0.131. The second kappa shape index (κ2) is 8.31. The average Bonchev–Trinajstić information content (AvgIpc) is 3.32. The predicted octanol–water partition coefficient (Wildman–Crippen LogP) is 5.14. The first-order chi connectivity index (χ1) is 15.2. The lowest BCUT2D eigenvalue weighted by Gasteiger charge is -2.36. The fourth-order valence-electron chi connectivity index (χ4n) is 3.91. The van der Waals surface area contributed by atoms with Crippen LogP contribution in [0.1, 0.15) is 40.5 Å². The maximum Gasteiger partial charge on any atom is 0.268 e. The molecule has 0 saturated carbocycles. The summed E-state index contributed by atoms with van der Waals surface area (Å²) < 4.78 is 6.26. The van der Waals surface area contributed by atoms with Gasteiger partial charge in [0.25, 0.3) is 5.91 Å². The monoisotopic (exact) mass is 449 g/mol. The molecule has 2 aromatic carbocycles. The number of thiophene rings is 1. The summed E-state index contributed by atoms with van der Waals surface area (Å²) in [6, 6.07) is 11.1. The minimum Gasteiger partial charge on any atom is -0.507 e. The lowest BCUT2D eigenvalue weighted by atomic mass is 9.86. The Balaban J connectivity index is 1.50. The molecular weight excluding hydrogens is 422 g/mol. The fraction of sp³-hybridized carbons (Fsp3) is 0.280. The molecule has 0 bridgehead atoms. The Hall–Kier alpha value is -3.32. The van der Waals surface area contributed by atoms with Crippen LogP contribution in [0.4, 0.5) is 11.4 Å². The zero-order valence-electron chi connectivity index (χ0n) is 18.7. The minimum absolute atomic E-state index is 0.208. The van der Waals surface area contributed by atoms with Gasteiger partial charge in [0.05, 0.1) is 10.6 Å². The van der Waals surface area contributed by atoms with Gasteiger partial charge in [0, 0.05) is 17.7 Å². The summed E-state index contributed by atoms with van der Waals surface area (Å²) in [5, 5.41) is 15.3. The number of fused-ring (bicyclic) bond motifs is 1. The Morgan fingerprint density at radius 1 is 1.16 bits per heavy atom. The van der Waals surface area contributed by atoms with E-state index in [1.165, 1.54) is 11.3 Å². The highest BCUT2D eigenvalue weighted by Gasteiger charge is 2.40. The number of carbonyl (C=O) groups is 1. The molecule has 1 atom stereocenters. The molecule has 32 heavy (non-hydrogen) atoms. The molecule has 4 N–H and O–H groups in total. The van der Waals surface area contributed by atoms with Gasteiger partial charge in [-0.1, -0.05) is 6.07 Å². The molecule has 2 heterocycles. The fourth-order valence-corrected chi connectivity index (χ4v) is 4.54. The summed E-state index contributed by atoms with van der Waals surface area (Å²) in [6.45, 7) is 7.48. The predicted molar refractivity (Wildman–Crippen MR) is 129 cm³/mol. The van der Waals surface area contributed by atoms with E-state index in [9.17, 15) is 9.90 Å². The number of benzene rings is 2.